The van der Waals surface area contributed by atoms with Gasteiger partial charge in [0.1, 0.15) is 5.75 Å². The van der Waals surface area contributed by atoms with Crippen molar-refractivity contribution in [2.45, 2.75) is 33.2 Å². The highest BCUT2D eigenvalue weighted by atomic mass is 127. The Morgan fingerprint density at radius 3 is 2.54 bits per heavy atom. The van der Waals surface area contributed by atoms with Crippen molar-refractivity contribution in [1.82, 2.24) is 20.4 Å². The van der Waals surface area contributed by atoms with E-state index in [0.29, 0.717) is 6.04 Å². The lowest BCUT2D eigenvalue weighted by Gasteiger charge is -2.37. The lowest BCUT2D eigenvalue weighted by molar-refractivity contribution is 0.107. The monoisotopic (exact) mass is 503 g/mol. The van der Waals surface area contributed by atoms with Gasteiger partial charge in [0, 0.05) is 52.4 Å². The Labute approximate surface area is 188 Å². The third-order valence-corrected chi connectivity index (χ3v) is 5.39. The number of aliphatic imine (C=N–C) groups is 1. The predicted molar refractivity (Wildman–Crippen MR) is 129 cm³/mol. The smallest absolute Gasteiger partial charge is 0.191 e. The highest BCUT2D eigenvalue weighted by Crippen LogP contribution is 2.19. The molecule has 1 unspecified atom stereocenters. The standard InChI is InChI=1S/C21H37N5O.HI/c1-6-25-11-13-26(14-12-25)18(3)16-24-21(22-4)23-10-9-19-15-17(2)7-8-20(19)27-5;/h7-8,15,18H,6,9-14,16H2,1-5H3,(H2,22,23,24);1H. The van der Waals surface area contributed by atoms with Crippen molar-refractivity contribution < 1.29 is 4.74 Å². The van der Waals surface area contributed by atoms with E-state index >= 15 is 0 Å². The normalized spacial score (nSPS) is 17.0. The minimum atomic E-state index is 0. The van der Waals surface area contributed by atoms with E-state index in [-0.39, 0.29) is 24.0 Å². The first-order valence-electron chi connectivity index (χ1n) is 10.1. The molecule has 0 radical (unpaired) electrons. The Morgan fingerprint density at radius 1 is 1.21 bits per heavy atom. The van der Waals surface area contributed by atoms with Crippen LogP contribution in [-0.2, 0) is 6.42 Å². The molecule has 1 aliphatic rings. The number of nitrogens with zero attached hydrogens (tertiary/aromatic N) is 3. The highest BCUT2D eigenvalue weighted by molar-refractivity contribution is 14.0. The van der Waals surface area contributed by atoms with Gasteiger partial charge >= 0.3 is 0 Å². The van der Waals surface area contributed by atoms with Crippen LogP contribution in [0.4, 0.5) is 0 Å². The number of aryl methyl sites for hydroxylation is 1. The Kier molecular flexibility index (Phi) is 11.8. The zero-order chi connectivity index (χ0) is 19.6. The summed E-state index contributed by atoms with van der Waals surface area (Å²) in [5.41, 5.74) is 2.48. The number of piperazine rings is 1. The zero-order valence-corrected chi connectivity index (χ0v) is 20.5. The number of methoxy groups -OCH3 is 1. The quantitative estimate of drug-likeness (QED) is 0.324. The van der Waals surface area contributed by atoms with E-state index < -0.39 is 0 Å². The average Bonchev–Trinajstić information content (AvgIpc) is 2.70. The van der Waals surface area contributed by atoms with Gasteiger partial charge in [-0.1, -0.05) is 24.6 Å². The number of rotatable bonds is 8. The number of hydrogen-bond donors (Lipinski definition) is 2. The molecule has 1 heterocycles. The first-order valence-corrected chi connectivity index (χ1v) is 10.1. The number of hydrogen-bond acceptors (Lipinski definition) is 4. The first kappa shape index (κ1) is 25.0. The third kappa shape index (κ3) is 7.75. The Balaban J connectivity index is 0.00000392. The van der Waals surface area contributed by atoms with Crippen LogP contribution in [0.25, 0.3) is 0 Å². The average molecular weight is 503 g/mol. The summed E-state index contributed by atoms with van der Waals surface area (Å²) >= 11 is 0. The van der Waals surface area contributed by atoms with Gasteiger partial charge in [-0.2, -0.15) is 0 Å². The number of nitrogens with one attached hydrogen (secondary N) is 2. The van der Waals surface area contributed by atoms with Crippen molar-refractivity contribution in [3.8, 4) is 5.75 Å². The van der Waals surface area contributed by atoms with Gasteiger partial charge < -0.3 is 20.3 Å². The molecular weight excluding hydrogens is 465 g/mol. The molecule has 160 valence electrons. The van der Waals surface area contributed by atoms with Gasteiger partial charge in [-0.3, -0.25) is 9.89 Å². The molecule has 1 aromatic rings. The fourth-order valence-electron chi connectivity index (χ4n) is 3.53. The van der Waals surface area contributed by atoms with Crippen molar-refractivity contribution >= 4 is 29.9 Å². The minimum Gasteiger partial charge on any atom is -0.496 e. The summed E-state index contributed by atoms with van der Waals surface area (Å²) in [5, 5.41) is 6.89. The summed E-state index contributed by atoms with van der Waals surface area (Å²) in [6.07, 6.45) is 0.903. The second-order valence-corrected chi connectivity index (χ2v) is 7.26. The molecule has 1 aromatic carbocycles. The molecule has 28 heavy (non-hydrogen) atoms. The molecule has 1 aliphatic heterocycles. The van der Waals surface area contributed by atoms with Crippen LogP contribution < -0.4 is 15.4 Å². The van der Waals surface area contributed by atoms with Crippen LogP contribution in [0.2, 0.25) is 0 Å². The maximum atomic E-state index is 5.46. The Bertz CT molecular complexity index is 602. The van der Waals surface area contributed by atoms with E-state index in [1.165, 1.54) is 24.2 Å². The summed E-state index contributed by atoms with van der Waals surface area (Å²) < 4.78 is 5.46. The SMILES string of the molecule is CCN1CCN(C(C)CNC(=NC)NCCc2cc(C)ccc2OC)CC1.I. The maximum absolute atomic E-state index is 5.46. The molecule has 0 aliphatic carbocycles. The van der Waals surface area contributed by atoms with Crippen LogP contribution in [0.1, 0.15) is 25.0 Å². The molecule has 2 N–H and O–H groups in total. The van der Waals surface area contributed by atoms with E-state index in [1.54, 1.807) is 7.11 Å². The number of ether oxygens (including phenoxy) is 1. The van der Waals surface area contributed by atoms with Crippen molar-refractivity contribution in [1.29, 1.82) is 0 Å². The van der Waals surface area contributed by atoms with E-state index in [0.717, 1.165) is 50.9 Å². The van der Waals surface area contributed by atoms with Crippen molar-refractivity contribution in [2.75, 3.05) is 60.0 Å². The molecule has 1 fully saturated rings. The van der Waals surface area contributed by atoms with Gasteiger partial charge in [0.25, 0.3) is 0 Å². The highest BCUT2D eigenvalue weighted by Gasteiger charge is 2.20. The molecule has 7 heteroatoms. The first-order chi connectivity index (χ1) is 13.1. The van der Waals surface area contributed by atoms with Crippen LogP contribution in [0.15, 0.2) is 23.2 Å². The number of halogens is 1. The number of guanidine groups is 1. The van der Waals surface area contributed by atoms with Crippen LogP contribution in [0.3, 0.4) is 0 Å². The van der Waals surface area contributed by atoms with Crippen LogP contribution in [0, 0.1) is 6.92 Å². The number of likely N-dealkylation sites (N-methyl/N-ethyl adjacent to an activating group) is 1. The topological polar surface area (TPSA) is 52.1 Å². The fourth-order valence-corrected chi connectivity index (χ4v) is 3.53. The second kappa shape index (κ2) is 13.2. The molecule has 0 amide bonds. The maximum Gasteiger partial charge on any atom is 0.191 e. The van der Waals surface area contributed by atoms with Gasteiger partial charge in [-0.25, -0.2) is 0 Å². The van der Waals surface area contributed by atoms with E-state index in [4.69, 9.17) is 4.74 Å². The van der Waals surface area contributed by atoms with Gasteiger partial charge in [0.05, 0.1) is 7.11 Å². The molecule has 2 rings (SSSR count). The van der Waals surface area contributed by atoms with Gasteiger partial charge in [0.2, 0.25) is 0 Å². The van der Waals surface area contributed by atoms with Crippen molar-refractivity contribution in [3.05, 3.63) is 29.3 Å². The molecule has 1 saturated heterocycles. The summed E-state index contributed by atoms with van der Waals surface area (Å²) in [4.78, 5) is 9.43. The summed E-state index contributed by atoms with van der Waals surface area (Å²) in [5.74, 6) is 1.81. The van der Waals surface area contributed by atoms with E-state index in [1.807, 2.05) is 13.1 Å². The Morgan fingerprint density at radius 2 is 1.93 bits per heavy atom. The predicted octanol–water partition coefficient (Wildman–Crippen LogP) is 2.36. The van der Waals surface area contributed by atoms with Crippen molar-refractivity contribution in [3.63, 3.8) is 0 Å². The fraction of sp³-hybridized carbons (Fsp3) is 0.667. The molecule has 0 aromatic heterocycles. The third-order valence-electron chi connectivity index (χ3n) is 5.39. The largest absolute Gasteiger partial charge is 0.496 e. The van der Waals surface area contributed by atoms with E-state index in [9.17, 15) is 0 Å². The minimum absolute atomic E-state index is 0. The summed E-state index contributed by atoms with van der Waals surface area (Å²) in [7, 11) is 3.55. The molecule has 1 atom stereocenters. The molecule has 0 spiro atoms. The summed E-state index contributed by atoms with van der Waals surface area (Å²) in [6, 6.07) is 6.81. The molecule has 6 nitrogen and oxygen atoms in total. The Hall–Kier alpha value is -1.06. The van der Waals surface area contributed by atoms with Crippen LogP contribution >= 0.6 is 24.0 Å². The number of benzene rings is 1. The lowest BCUT2D eigenvalue weighted by atomic mass is 10.1. The molecule has 0 saturated carbocycles. The van der Waals surface area contributed by atoms with Crippen LogP contribution in [-0.4, -0.2) is 81.8 Å². The van der Waals surface area contributed by atoms with Gasteiger partial charge in [-0.05, 0) is 38.4 Å². The lowest BCUT2D eigenvalue weighted by Crippen LogP contribution is -2.53. The van der Waals surface area contributed by atoms with Gasteiger partial charge in [0.15, 0.2) is 5.96 Å². The summed E-state index contributed by atoms with van der Waals surface area (Å²) in [6.45, 7) is 14.2. The van der Waals surface area contributed by atoms with E-state index in [2.05, 4.69) is 58.3 Å². The van der Waals surface area contributed by atoms with Crippen LogP contribution in [0.5, 0.6) is 5.75 Å². The van der Waals surface area contributed by atoms with Gasteiger partial charge in [-0.15, -0.1) is 24.0 Å². The second-order valence-electron chi connectivity index (χ2n) is 7.26. The molecule has 0 bridgehead atoms. The molecular formula is C21H38IN5O. The van der Waals surface area contributed by atoms with Crippen molar-refractivity contribution in [2.24, 2.45) is 4.99 Å². The zero-order valence-electron chi connectivity index (χ0n) is 18.1.